The van der Waals surface area contributed by atoms with Gasteiger partial charge in [-0.25, -0.2) is 17.9 Å². The molecule has 0 heterocycles. The maximum atomic E-state index is 13.8. The Labute approximate surface area is 119 Å². The summed E-state index contributed by atoms with van der Waals surface area (Å²) in [6.07, 6.45) is 0.827. The van der Waals surface area contributed by atoms with Gasteiger partial charge in [0.15, 0.2) is 0 Å². The Hall–Kier alpha value is -1.18. The Morgan fingerprint density at radius 2 is 2.05 bits per heavy atom. The smallest absolute Gasteiger partial charge is 0.238 e. The average molecular weight is 304 g/mol. The minimum Gasteiger partial charge on any atom is -0.385 e. The molecular formula is C13H21FN2O3S. The number of benzene rings is 1. The Morgan fingerprint density at radius 1 is 1.40 bits per heavy atom. The zero-order valence-electron chi connectivity index (χ0n) is 11.9. The second-order valence-electron chi connectivity index (χ2n) is 5.45. The van der Waals surface area contributed by atoms with E-state index in [1.807, 2.05) is 13.8 Å². The molecule has 1 rings (SSSR count). The molecule has 3 N–H and O–H groups in total. The van der Waals surface area contributed by atoms with Gasteiger partial charge in [0.25, 0.3) is 0 Å². The summed E-state index contributed by atoms with van der Waals surface area (Å²) in [5.41, 5.74) is 0.184. The summed E-state index contributed by atoms with van der Waals surface area (Å²) in [6.45, 7) is 5.24. The summed E-state index contributed by atoms with van der Waals surface area (Å²) in [4.78, 5) is -0.237. The minimum atomic E-state index is -3.88. The molecule has 0 radical (unpaired) electrons. The third kappa shape index (κ3) is 5.07. The molecule has 1 aromatic rings. The van der Waals surface area contributed by atoms with Crippen LogP contribution in [-0.4, -0.2) is 28.7 Å². The number of primary sulfonamides is 1. The molecule has 0 fully saturated rings. The normalized spacial score (nSPS) is 12.4. The maximum absolute atomic E-state index is 13.8. The number of anilines is 1. The highest BCUT2D eigenvalue weighted by Crippen LogP contribution is 2.23. The van der Waals surface area contributed by atoms with E-state index in [0.717, 1.165) is 12.5 Å². The lowest BCUT2D eigenvalue weighted by molar-refractivity contribution is 0.157. The number of nitrogens with two attached hydrogens (primary N) is 1. The topological polar surface area (TPSA) is 81.4 Å². The van der Waals surface area contributed by atoms with E-state index in [9.17, 15) is 12.8 Å². The molecule has 7 heteroatoms. The molecule has 0 bridgehead atoms. The van der Waals surface area contributed by atoms with Crippen molar-refractivity contribution in [3.8, 4) is 0 Å². The highest BCUT2D eigenvalue weighted by Gasteiger charge is 2.18. The maximum Gasteiger partial charge on any atom is 0.238 e. The number of hydrogen-bond acceptors (Lipinski definition) is 4. The largest absolute Gasteiger partial charge is 0.385 e. The highest BCUT2D eigenvalue weighted by atomic mass is 32.2. The number of nitrogens with one attached hydrogen (secondary N) is 1. The van der Waals surface area contributed by atoms with Crippen LogP contribution in [-0.2, 0) is 14.8 Å². The summed E-state index contributed by atoms with van der Waals surface area (Å²) in [6, 6.07) is 3.57. The summed E-state index contributed by atoms with van der Waals surface area (Å²) >= 11 is 0. The van der Waals surface area contributed by atoms with Gasteiger partial charge in [0.2, 0.25) is 10.0 Å². The predicted molar refractivity (Wildman–Crippen MR) is 76.5 cm³/mol. The molecule has 0 amide bonds. The molecule has 0 aliphatic rings. The van der Waals surface area contributed by atoms with E-state index in [-0.39, 0.29) is 16.0 Å². The van der Waals surface area contributed by atoms with Crippen molar-refractivity contribution in [3.05, 3.63) is 24.0 Å². The van der Waals surface area contributed by atoms with Crippen LogP contribution in [0, 0.1) is 11.2 Å². The van der Waals surface area contributed by atoms with Crippen LogP contribution >= 0.6 is 0 Å². The van der Waals surface area contributed by atoms with Crippen LogP contribution in [0.1, 0.15) is 20.3 Å². The van der Waals surface area contributed by atoms with E-state index in [4.69, 9.17) is 9.88 Å². The van der Waals surface area contributed by atoms with E-state index in [1.54, 1.807) is 7.11 Å². The number of hydrogen-bond donors (Lipinski definition) is 2. The molecule has 0 saturated carbocycles. The van der Waals surface area contributed by atoms with Crippen molar-refractivity contribution in [1.29, 1.82) is 0 Å². The van der Waals surface area contributed by atoms with Crippen molar-refractivity contribution >= 4 is 15.7 Å². The van der Waals surface area contributed by atoms with Crippen LogP contribution in [0.3, 0.4) is 0 Å². The van der Waals surface area contributed by atoms with Crippen molar-refractivity contribution in [2.24, 2.45) is 10.6 Å². The zero-order valence-corrected chi connectivity index (χ0v) is 12.8. The molecule has 0 atom stereocenters. The van der Waals surface area contributed by atoms with Crippen molar-refractivity contribution in [3.63, 3.8) is 0 Å². The van der Waals surface area contributed by atoms with E-state index < -0.39 is 15.8 Å². The van der Waals surface area contributed by atoms with Crippen LogP contribution in [0.4, 0.5) is 10.1 Å². The van der Waals surface area contributed by atoms with Gasteiger partial charge < -0.3 is 10.1 Å². The summed E-state index contributed by atoms with van der Waals surface area (Å²) < 4.78 is 41.0. The van der Waals surface area contributed by atoms with E-state index in [2.05, 4.69) is 5.32 Å². The quantitative estimate of drug-likeness (QED) is 0.806. The number of halogens is 1. The molecule has 0 aliphatic carbocycles. The summed E-state index contributed by atoms with van der Waals surface area (Å²) in [7, 11) is -2.25. The molecule has 1 aromatic carbocycles. The fourth-order valence-corrected chi connectivity index (χ4v) is 2.14. The lowest BCUT2D eigenvalue weighted by atomic mass is 9.89. The van der Waals surface area contributed by atoms with E-state index in [1.165, 1.54) is 12.1 Å². The first kappa shape index (κ1) is 16.9. The molecule has 20 heavy (non-hydrogen) atoms. The standard InChI is InChI=1S/C13H21FN2O3S/c1-13(2,6-7-19-3)9-16-12-5-4-10(8-11(12)14)20(15,17)18/h4-5,8,16H,6-7,9H2,1-3H3,(H2,15,17,18). The van der Waals surface area contributed by atoms with E-state index >= 15 is 0 Å². The van der Waals surface area contributed by atoms with Gasteiger partial charge in [-0.2, -0.15) is 0 Å². The first-order valence-electron chi connectivity index (χ1n) is 6.21. The molecular weight excluding hydrogens is 283 g/mol. The molecule has 0 aromatic heterocycles. The Bertz CT molecular complexity index is 559. The van der Waals surface area contributed by atoms with Crippen molar-refractivity contribution in [2.45, 2.75) is 25.2 Å². The summed E-state index contributed by atoms with van der Waals surface area (Å²) in [5.74, 6) is -0.640. The van der Waals surface area contributed by atoms with Crippen LogP contribution in [0.5, 0.6) is 0 Å². The first-order chi connectivity index (χ1) is 9.15. The number of methoxy groups -OCH3 is 1. The molecule has 0 saturated heterocycles. The number of sulfonamides is 1. The van der Waals surface area contributed by atoms with Crippen LogP contribution in [0.25, 0.3) is 0 Å². The average Bonchev–Trinajstić information content (AvgIpc) is 2.34. The molecule has 5 nitrogen and oxygen atoms in total. The van der Waals surface area contributed by atoms with Gasteiger partial charge in [0.05, 0.1) is 10.6 Å². The second kappa shape index (κ2) is 6.51. The fraction of sp³-hybridized carbons (Fsp3) is 0.538. The lowest BCUT2D eigenvalue weighted by Crippen LogP contribution is -2.25. The predicted octanol–water partition coefficient (Wildman–Crippen LogP) is 1.95. The zero-order chi connectivity index (χ0) is 15.4. The Balaban J connectivity index is 2.75. The molecule has 0 aliphatic heterocycles. The van der Waals surface area contributed by atoms with Crippen molar-refractivity contribution in [2.75, 3.05) is 25.6 Å². The van der Waals surface area contributed by atoms with Crippen molar-refractivity contribution in [1.82, 2.24) is 0 Å². The Kier molecular flexibility index (Phi) is 5.50. The van der Waals surface area contributed by atoms with Crippen LogP contribution in [0.2, 0.25) is 0 Å². The van der Waals surface area contributed by atoms with Crippen molar-refractivity contribution < 1.29 is 17.5 Å². The van der Waals surface area contributed by atoms with Gasteiger partial charge in [-0.15, -0.1) is 0 Å². The first-order valence-corrected chi connectivity index (χ1v) is 7.75. The van der Waals surface area contributed by atoms with E-state index in [0.29, 0.717) is 13.2 Å². The Morgan fingerprint density at radius 3 is 2.55 bits per heavy atom. The monoisotopic (exact) mass is 304 g/mol. The van der Waals surface area contributed by atoms with Crippen LogP contribution in [0.15, 0.2) is 23.1 Å². The fourth-order valence-electron chi connectivity index (χ4n) is 1.62. The second-order valence-corrected chi connectivity index (χ2v) is 7.01. The third-order valence-electron chi connectivity index (χ3n) is 3.01. The number of ether oxygens (including phenoxy) is 1. The minimum absolute atomic E-state index is 0.0684. The SMILES string of the molecule is COCCC(C)(C)CNc1ccc(S(N)(=O)=O)cc1F. The summed E-state index contributed by atoms with van der Waals surface area (Å²) in [5, 5.41) is 7.92. The molecule has 0 unspecified atom stereocenters. The highest BCUT2D eigenvalue weighted by molar-refractivity contribution is 7.89. The van der Waals surface area contributed by atoms with Gasteiger partial charge in [-0.05, 0) is 30.0 Å². The van der Waals surface area contributed by atoms with Crippen LogP contribution < -0.4 is 10.5 Å². The van der Waals surface area contributed by atoms with Gasteiger partial charge in [-0.3, -0.25) is 0 Å². The van der Waals surface area contributed by atoms with Gasteiger partial charge >= 0.3 is 0 Å². The lowest BCUT2D eigenvalue weighted by Gasteiger charge is -2.25. The number of rotatable bonds is 7. The molecule has 0 spiro atoms. The van der Waals surface area contributed by atoms with Gasteiger partial charge in [0, 0.05) is 20.3 Å². The van der Waals surface area contributed by atoms with Gasteiger partial charge in [-0.1, -0.05) is 13.8 Å². The molecule has 114 valence electrons. The van der Waals surface area contributed by atoms with Gasteiger partial charge in [0.1, 0.15) is 5.82 Å². The third-order valence-corrected chi connectivity index (χ3v) is 3.92.